The number of hydrogen-bond donors (Lipinski definition) is 2. The van der Waals surface area contributed by atoms with E-state index in [9.17, 15) is 0 Å². The Morgan fingerprint density at radius 1 is 1.67 bits per heavy atom. The molecule has 1 rings (SSSR count). The Kier molecular flexibility index (Phi) is 2.49. The topological polar surface area (TPSA) is 38.0 Å². The van der Waals surface area contributed by atoms with E-state index >= 15 is 0 Å². The molecule has 2 heteroatoms. The van der Waals surface area contributed by atoms with Crippen molar-refractivity contribution >= 4 is 0 Å². The summed E-state index contributed by atoms with van der Waals surface area (Å²) < 4.78 is 0. The van der Waals surface area contributed by atoms with Crippen molar-refractivity contribution in [1.29, 1.82) is 0 Å². The molecule has 0 aromatic rings. The highest BCUT2D eigenvalue weighted by atomic mass is 14.9. The lowest BCUT2D eigenvalue weighted by molar-refractivity contribution is 0.355. The van der Waals surface area contributed by atoms with Crippen LogP contribution in [0.3, 0.4) is 0 Å². The molecule has 0 radical (unpaired) electrons. The molecule has 0 saturated carbocycles. The molecule has 0 amide bonds. The summed E-state index contributed by atoms with van der Waals surface area (Å²) in [5, 5.41) is 3.42. The van der Waals surface area contributed by atoms with Crippen LogP contribution in [0.2, 0.25) is 0 Å². The Bertz CT molecular complexity index is 83.0. The van der Waals surface area contributed by atoms with Crippen LogP contribution in [0.25, 0.3) is 0 Å². The normalized spacial score (nSPS) is 36.7. The quantitative estimate of drug-likeness (QED) is 0.539. The maximum atomic E-state index is 5.76. The van der Waals surface area contributed by atoms with E-state index in [1.807, 2.05) is 0 Å². The first-order valence-electron chi connectivity index (χ1n) is 3.82. The summed E-state index contributed by atoms with van der Waals surface area (Å²) >= 11 is 0. The Morgan fingerprint density at radius 3 is 2.89 bits per heavy atom. The summed E-state index contributed by atoms with van der Waals surface area (Å²) in [5.41, 5.74) is 5.76. The van der Waals surface area contributed by atoms with Crippen molar-refractivity contribution in [3.63, 3.8) is 0 Å². The van der Waals surface area contributed by atoms with Crippen molar-refractivity contribution in [2.24, 2.45) is 5.73 Å². The molecule has 0 aromatic carbocycles. The summed E-state index contributed by atoms with van der Waals surface area (Å²) in [6, 6.07) is 1.14. The van der Waals surface area contributed by atoms with Crippen molar-refractivity contribution in [2.75, 3.05) is 6.54 Å². The van der Waals surface area contributed by atoms with Crippen LogP contribution in [0, 0.1) is 0 Å². The van der Waals surface area contributed by atoms with Gasteiger partial charge in [-0.15, -0.1) is 0 Å². The van der Waals surface area contributed by atoms with E-state index < -0.39 is 0 Å². The van der Waals surface area contributed by atoms with Crippen LogP contribution in [0.5, 0.6) is 0 Å². The average Bonchev–Trinajstić information content (AvgIpc) is 1.88. The summed E-state index contributed by atoms with van der Waals surface area (Å²) in [6.07, 6.45) is 3.53. The van der Waals surface area contributed by atoms with E-state index in [1.165, 1.54) is 6.42 Å². The molecule has 54 valence electrons. The number of nitrogens with two attached hydrogens (primary N) is 1. The molecular weight excluding hydrogens is 112 g/mol. The highest BCUT2D eigenvalue weighted by molar-refractivity contribution is 4.78. The first kappa shape index (κ1) is 7.03. The molecule has 0 aromatic heterocycles. The molecule has 2 atom stereocenters. The van der Waals surface area contributed by atoms with Crippen molar-refractivity contribution in [3.05, 3.63) is 0 Å². The van der Waals surface area contributed by atoms with E-state index in [2.05, 4.69) is 12.2 Å². The van der Waals surface area contributed by atoms with Gasteiger partial charge in [0.1, 0.15) is 0 Å². The lowest BCUT2D eigenvalue weighted by Crippen LogP contribution is -2.43. The second-order valence-corrected chi connectivity index (χ2v) is 2.84. The summed E-state index contributed by atoms with van der Waals surface area (Å²) in [6.45, 7) is 3.31. The lowest BCUT2D eigenvalue weighted by atomic mass is 9.99. The Labute approximate surface area is 56.8 Å². The maximum absolute atomic E-state index is 5.76. The zero-order valence-corrected chi connectivity index (χ0v) is 6.06. The van der Waals surface area contributed by atoms with E-state index in [4.69, 9.17) is 5.73 Å². The second-order valence-electron chi connectivity index (χ2n) is 2.84. The summed E-state index contributed by atoms with van der Waals surface area (Å²) in [5.74, 6) is 0. The lowest BCUT2D eigenvalue weighted by Gasteiger charge is -2.26. The number of piperidine rings is 1. The second kappa shape index (κ2) is 3.18. The van der Waals surface area contributed by atoms with Crippen LogP contribution in [-0.2, 0) is 0 Å². The fourth-order valence-electron chi connectivity index (χ4n) is 1.35. The zero-order valence-electron chi connectivity index (χ0n) is 6.06. The van der Waals surface area contributed by atoms with Crippen molar-refractivity contribution in [3.8, 4) is 0 Å². The predicted octanol–water partition coefficient (Wildman–Crippen LogP) is 0.476. The summed E-state index contributed by atoms with van der Waals surface area (Å²) in [7, 11) is 0. The zero-order chi connectivity index (χ0) is 6.69. The SMILES string of the molecule is CC[C@H]1C[C@@H](N)CCN1. The van der Waals surface area contributed by atoms with Gasteiger partial charge in [-0.1, -0.05) is 6.92 Å². The van der Waals surface area contributed by atoms with Crippen LogP contribution in [0.1, 0.15) is 26.2 Å². The van der Waals surface area contributed by atoms with E-state index in [0.717, 1.165) is 19.4 Å². The van der Waals surface area contributed by atoms with E-state index in [-0.39, 0.29) is 0 Å². The van der Waals surface area contributed by atoms with E-state index in [0.29, 0.717) is 12.1 Å². The van der Waals surface area contributed by atoms with Gasteiger partial charge in [0.05, 0.1) is 0 Å². The molecule has 2 nitrogen and oxygen atoms in total. The largest absolute Gasteiger partial charge is 0.328 e. The molecule has 0 unspecified atom stereocenters. The maximum Gasteiger partial charge on any atom is 0.00791 e. The summed E-state index contributed by atoms with van der Waals surface area (Å²) in [4.78, 5) is 0. The average molecular weight is 128 g/mol. The van der Waals surface area contributed by atoms with Gasteiger partial charge in [0.15, 0.2) is 0 Å². The molecule has 3 N–H and O–H groups in total. The third-order valence-corrected chi connectivity index (χ3v) is 2.03. The van der Waals surface area contributed by atoms with Crippen molar-refractivity contribution < 1.29 is 0 Å². The molecule has 0 aliphatic carbocycles. The number of hydrogen-bond acceptors (Lipinski definition) is 2. The fourth-order valence-corrected chi connectivity index (χ4v) is 1.35. The minimum absolute atomic E-state index is 0.455. The van der Waals surface area contributed by atoms with E-state index in [1.54, 1.807) is 0 Å². The van der Waals surface area contributed by atoms with Gasteiger partial charge >= 0.3 is 0 Å². The minimum Gasteiger partial charge on any atom is -0.328 e. The number of nitrogens with one attached hydrogen (secondary N) is 1. The van der Waals surface area contributed by atoms with Crippen molar-refractivity contribution in [1.82, 2.24) is 5.32 Å². The van der Waals surface area contributed by atoms with Gasteiger partial charge < -0.3 is 11.1 Å². The van der Waals surface area contributed by atoms with Crippen LogP contribution >= 0.6 is 0 Å². The van der Waals surface area contributed by atoms with Crippen LogP contribution in [-0.4, -0.2) is 18.6 Å². The van der Waals surface area contributed by atoms with Crippen LogP contribution in [0.15, 0.2) is 0 Å². The minimum atomic E-state index is 0.455. The van der Waals surface area contributed by atoms with Gasteiger partial charge in [0, 0.05) is 12.1 Å². The van der Waals surface area contributed by atoms with Gasteiger partial charge in [-0.2, -0.15) is 0 Å². The smallest absolute Gasteiger partial charge is 0.00791 e. The molecule has 0 bridgehead atoms. The fraction of sp³-hybridized carbons (Fsp3) is 1.00. The molecule has 1 aliphatic heterocycles. The van der Waals surface area contributed by atoms with Gasteiger partial charge in [-0.3, -0.25) is 0 Å². The predicted molar refractivity (Wildman–Crippen MR) is 39.3 cm³/mol. The molecule has 9 heavy (non-hydrogen) atoms. The molecular formula is C7H16N2. The highest BCUT2D eigenvalue weighted by Gasteiger charge is 2.15. The molecule has 1 aliphatic rings. The monoisotopic (exact) mass is 128 g/mol. The first-order chi connectivity index (χ1) is 4.33. The van der Waals surface area contributed by atoms with Crippen LogP contribution in [0.4, 0.5) is 0 Å². The Morgan fingerprint density at radius 2 is 2.44 bits per heavy atom. The van der Waals surface area contributed by atoms with Gasteiger partial charge in [-0.05, 0) is 25.8 Å². The number of rotatable bonds is 1. The third kappa shape index (κ3) is 1.95. The van der Waals surface area contributed by atoms with Crippen molar-refractivity contribution in [2.45, 2.75) is 38.3 Å². The molecule has 1 saturated heterocycles. The van der Waals surface area contributed by atoms with Crippen LogP contribution < -0.4 is 11.1 Å². The van der Waals surface area contributed by atoms with Gasteiger partial charge in [0.25, 0.3) is 0 Å². The Hall–Kier alpha value is -0.0800. The molecule has 1 fully saturated rings. The first-order valence-corrected chi connectivity index (χ1v) is 3.82. The Balaban J connectivity index is 2.23. The van der Waals surface area contributed by atoms with Gasteiger partial charge in [-0.25, -0.2) is 0 Å². The third-order valence-electron chi connectivity index (χ3n) is 2.03. The van der Waals surface area contributed by atoms with Gasteiger partial charge in [0.2, 0.25) is 0 Å². The highest BCUT2D eigenvalue weighted by Crippen LogP contribution is 2.07. The standard InChI is InChI=1S/C7H16N2/c1-2-7-5-6(8)3-4-9-7/h6-7,9H,2-5,8H2,1H3/t6-,7-/m0/s1. The molecule has 0 spiro atoms. The molecule has 1 heterocycles.